The van der Waals surface area contributed by atoms with Gasteiger partial charge < -0.3 is 0 Å². The number of fused-ring (bicyclic) bond motifs is 1. The molecule has 2 aromatic heterocycles. The molecular formula is C16H16FN3O. The summed E-state index contributed by atoms with van der Waals surface area (Å²) in [6.07, 6.45) is 1.68. The van der Waals surface area contributed by atoms with Gasteiger partial charge in [0.05, 0.1) is 0 Å². The predicted octanol–water partition coefficient (Wildman–Crippen LogP) is 3.26. The van der Waals surface area contributed by atoms with Crippen LogP contribution in [-0.2, 0) is 0 Å². The van der Waals surface area contributed by atoms with Crippen molar-refractivity contribution < 1.29 is 4.39 Å². The van der Waals surface area contributed by atoms with Crippen molar-refractivity contribution in [2.75, 3.05) is 0 Å². The molecule has 1 N–H and O–H groups in total. The second kappa shape index (κ2) is 4.84. The molecule has 0 atom stereocenters. The standard InChI is InChI=1S/C16H16FN3O/c1-9(2)14-10(3)19-15-13(8-18-20(15)16(14)21)11-5-4-6-12(17)7-11/h4-9,18H,1-3H3. The number of aromatic nitrogens is 3. The zero-order chi connectivity index (χ0) is 15.1. The number of rotatable bonds is 2. The Kier molecular flexibility index (Phi) is 3.12. The van der Waals surface area contributed by atoms with Crippen molar-refractivity contribution in [1.82, 2.24) is 14.6 Å². The number of aromatic amines is 1. The molecule has 0 saturated heterocycles. The van der Waals surface area contributed by atoms with E-state index in [2.05, 4.69) is 10.1 Å². The number of halogens is 1. The van der Waals surface area contributed by atoms with Crippen LogP contribution >= 0.6 is 0 Å². The summed E-state index contributed by atoms with van der Waals surface area (Å²) < 4.78 is 14.8. The quantitative estimate of drug-likeness (QED) is 0.785. The number of hydrogen-bond donors (Lipinski definition) is 1. The Hall–Kier alpha value is -2.43. The van der Waals surface area contributed by atoms with Gasteiger partial charge in [-0.2, -0.15) is 0 Å². The SMILES string of the molecule is Cc1nc2c(-c3cccc(F)c3)c[nH]n2c(=O)c1C(C)C. The lowest BCUT2D eigenvalue weighted by molar-refractivity contribution is 0.628. The monoisotopic (exact) mass is 285 g/mol. The van der Waals surface area contributed by atoms with E-state index < -0.39 is 0 Å². The molecule has 0 aliphatic rings. The van der Waals surface area contributed by atoms with E-state index in [4.69, 9.17) is 0 Å². The van der Waals surface area contributed by atoms with Gasteiger partial charge in [0.1, 0.15) is 5.82 Å². The van der Waals surface area contributed by atoms with E-state index in [9.17, 15) is 9.18 Å². The maximum atomic E-state index is 13.4. The summed E-state index contributed by atoms with van der Waals surface area (Å²) in [6.45, 7) is 5.77. The van der Waals surface area contributed by atoms with Crippen LogP contribution in [0.3, 0.4) is 0 Å². The normalized spacial score (nSPS) is 11.5. The van der Waals surface area contributed by atoms with Crippen molar-refractivity contribution in [3.05, 3.63) is 57.9 Å². The molecule has 0 unspecified atom stereocenters. The summed E-state index contributed by atoms with van der Waals surface area (Å²) in [5.41, 5.74) is 3.23. The Morgan fingerprint density at radius 1 is 1.33 bits per heavy atom. The number of H-pyrrole nitrogens is 1. The fraction of sp³-hybridized carbons (Fsp3) is 0.250. The van der Waals surface area contributed by atoms with E-state index in [-0.39, 0.29) is 17.3 Å². The van der Waals surface area contributed by atoms with E-state index in [0.29, 0.717) is 28.0 Å². The average molecular weight is 285 g/mol. The van der Waals surface area contributed by atoms with Crippen LogP contribution in [0.5, 0.6) is 0 Å². The highest BCUT2D eigenvalue weighted by molar-refractivity contribution is 5.77. The summed E-state index contributed by atoms with van der Waals surface area (Å²) in [5, 5.41) is 2.92. The zero-order valence-corrected chi connectivity index (χ0v) is 12.1. The molecule has 0 bridgehead atoms. The molecule has 0 amide bonds. The van der Waals surface area contributed by atoms with Crippen LogP contribution in [-0.4, -0.2) is 14.6 Å². The minimum absolute atomic E-state index is 0.0998. The van der Waals surface area contributed by atoms with E-state index in [1.165, 1.54) is 16.6 Å². The minimum atomic E-state index is -0.315. The minimum Gasteiger partial charge on any atom is -0.296 e. The van der Waals surface area contributed by atoms with Crippen molar-refractivity contribution in [3.63, 3.8) is 0 Å². The second-order valence-corrected chi connectivity index (χ2v) is 5.43. The molecule has 108 valence electrons. The van der Waals surface area contributed by atoms with Crippen LogP contribution in [0.1, 0.15) is 31.0 Å². The summed E-state index contributed by atoms with van der Waals surface area (Å²) >= 11 is 0. The highest BCUT2D eigenvalue weighted by Crippen LogP contribution is 2.24. The van der Waals surface area contributed by atoms with Gasteiger partial charge >= 0.3 is 0 Å². The average Bonchev–Trinajstić information content (AvgIpc) is 2.82. The van der Waals surface area contributed by atoms with Crippen molar-refractivity contribution in [3.8, 4) is 11.1 Å². The Balaban J connectivity index is 2.32. The van der Waals surface area contributed by atoms with Crippen molar-refractivity contribution in [2.24, 2.45) is 0 Å². The number of hydrogen-bond acceptors (Lipinski definition) is 2. The lowest BCUT2D eigenvalue weighted by Gasteiger charge is -2.08. The van der Waals surface area contributed by atoms with Crippen molar-refractivity contribution in [1.29, 1.82) is 0 Å². The van der Waals surface area contributed by atoms with Gasteiger partial charge in [-0.1, -0.05) is 26.0 Å². The van der Waals surface area contributed by atoms with Gasteiger partial charge in [-0.05, 0) is 30.5 Å². The van der Waals surface area contributed by atoms with Gasteiger partial charge in [-0.25, -0.2) is 13.9 Å². The predicted molar refractivity (Wildman–Crippen MR) is 80.0 cm³/mol. The molecule has 3 aromatic rings. The second-order valence-electron chi connectivity index (χ2n) is 5.43. The fourth-order valence-electron chi connectivity index (χ4n) is 2.67. The molecule has 0 aliphatic carbocycles. The van der Waals surface area contributed by atoms with Gasteiger partial charge in [0.25, 0.3) is 5.56 Å². The third-order valence-corrected chi connectivity index (χ3v) is 3.60. The maximum Gasteiger partial charge on any atom is 0.276 e. The lowest BCUT2D eigenvalue weighted by atomic mass is 10.0. The Bertz CT molecular complexity index is 877. The van der Waals surface area contributed by atoms with Gasteiger partial charge in [-0.3, -0.25) is 9.89 Å². The third kappa shape index (κ3) is 2.14. The number of benzene rings is 1. The molecule has 2 heterocycles. The van der Waals surface area contributed by atoms with Gasteiger partial charge in [0, 0.05) is 23.0 Å². The number of aryl methyl sites for hydroxylation is 1. The first-order valence-electron chi connectivity index (χ1n) is 6.85. The molecule has 0 spiro atoms. The smallest absolute Gasteiger partial charge is 0.276 e. The highest BCUT2D eigenvalue weighted by atomic mass is 19.1. The Morgan fingerprint density at radius 3 is 2.76 bits per heavy atom. The summed E-state index contributed by atoms with van der Waals surface area (Å²) in [4.78, 5) is 17.1. The first kappa shape index (κ1) is 13.5. The van der Waals surface area contributed by atoms with Crippen LogP contribution < -0.4 is 5.56 Å². The van der Waals surface area contributed by atoms with Crippen LogP contribution in [0.2, 0.25) is 0 Å². The fourth-order valence-corrected chi connectivity index (χ4v) is 2.67. The maximum absolute atomic E-state index is 13.4. The number of nitrogens with one attached hydrogen (secondary N) is 1. The van der Waals surface area contributed by atoms with Gasteiger partial charge in [0.15, 0.2) is 5.65 Å². The van der Waals surface area contributed by atoms with Crippen molar-refractivity contribution in [2.45, 2.75) is 26.7 Å². The molecule has 3 rings (SSSR count). The van der Waals surface area contributed by atoms with E-state index in [1.54, 1.807) is 18.3 Å². The lowest BCUT2D eigenvalue weighted by Crippen LogP contribution is -2.22. The molecule has 0 radical (unpaired) electrons. The molecule has 21 heavy (non-hydrogen) atoms. The largest absolute Gasteiger partial charge is 0.296 e. The Labute approximate surface area is 121 Å². The molecular weight excluding hydrogens is 269 g/mol. The van der Waals surface area contributed by atoms with E-state index in [1.807, 2.05) is 20.8 Å². The van der Waals surface area contributed by atoms with E-state index >= 15 is 0 Å². The first-order chi connectivity index (χ1) is 9.99. The molecule has 0 saturated carbocycles. The summed E-state index contributed by atoms with van der Waals surface area (Å²) in [7, 11) is 0. The summed E-state index contributed by atoms with van der Waals surface area (Å²) in [5.74, 6) is -0.215. The molecule has 4 nitrogen and oxygen atoms in total. The first-order valence-corrected chi connectivity index (χ1v) is 6.85. The van der Waals surface area contributed by atoms with E-state index in [0.717, 1.165) is 0 Å². The van der Waals surface area contributed by atoms with Crippen LogP contribution in [0, 0.1) is 12.7 Å². The molecule has 0 fully saturated rings. The third-order valence-electron chi connectivity index (χ3n) is 3.60. The van der Waals surface area contributed by atoms with Crippen LogP contribution in [0.25, 0.3) is 16.8 Å². The topological polar surface area (TPSA) is 50.2 Å². The number of nitrogens with zero attached hydrogens (tertiary/aromatic N) is 2. The molecule has 5 heteroatoms. The van der Waals surface area contributed by atoms with Crippen LogP contribution in [0.15, 0.2) is 35.3 Å². The van der Waals surface area contributed by atoms with Gasteiger partial charge in [-0.15, -0.1) is 0 Å². The molecule has 0 aliphatic heterocycles. The molecule has 1 aromatic carbocycles. The van der Waals surface area contributed by atoms with Gasteiger partial charge in [0.2, 0.25) is 0 Å². The van der Waals surface area contributed by atoms with Crippen LogP contribution in [0.4, 0.5) is 4.39 Å². The zero-order valence-electron chi connectivity index (χ0n) is 12.1. The van der Waals surface area contributed by atoms with Crippen molar-refractivity contribution >= 4 is 5.65 Å². The summed E-state index contributed by atoms with van der Waals surface area (Å²) in [6, 6.07) is 6.26. The highest BCUT2D eigenvalue weighted by Gasteiger charge is 2.16. The Morgan fingerprint density at radius 2 is 2.10 bits per heavy atom.